The number of rotatable bonds is 4. The molecule has 2 unspecified atom stereocenters. The number of likely N-dealkylation sites (tertiary alicyclic amines) is 1. The highest BCUT2D eigenvalue weighted by molar-refractivity contribution is 5.82. The van der Waals surface area contributed by atoms with E-state index in [9.17, 15) is 9.59 Å². The molecule has 5 heteroatoms. The lowest BCUT2D eigenvalue weighted by Crippen LogP contribution is -2.50. The van der Waals surface area contributed by atoms with Crippen LogP contribution in [0.15, 0.2) is 0 Å². The molecule has 2 N–H and O–H groups in total. The van der Waals surface area contributed by atoms with Gasteiger partial charge in [0, 0.05) is 12.6 Å². The summed E-state index contributed by atoms with van der Waals surface area (Å²) in [5.41, 5.74) is 0. The van der Waals surface area contributed by atoms with E-state index in [0.717, 1.165) is 19.4 Å². The molecular formula is C12H22N2O3. The van der Waals surface area contributed by atoms with E-state index in [1.807, 2.05) is 0 Å². The molecule has 1 heterocycles. The maximum Gasteiger partial charge on any atom is 0.326 e. The molecule has 1 aliphatic heterocycles. The monoisotopic (exact) mass is 242 g/mol. The van der Waals surface area contributed by atoms with Crippen molar-refractivity contribution in [3.63, 3.8) is 0 Å². The highest BCUT2D eigenvalue weighted by Crippen LogP contribution is 2.23. The predicted molar refractivity (Wildman–Crippen MR) is 64.8 cm³/mol. The second-order valence-corrected chi connectivity index (χ2v) is 4.90. The van der Waals surface area contributed by atoms with Crippen molar-refractivity contribution >= 4 is 12.0 Å². The number of carboxylic acids is 1. The Balaban J connectivity index is 2.60. The minimum atomic E-state index is -0.971. The third-order valence-corrected chi connectivity index (χ3v) is 3.33. The first-order valence-electron chi connectivity index (χ1n) is 6.27. The van der Waals surface area contributed by atoms with Crippen LogP contribution in [0.1, 0.15) is 40.0 Å². The van der Waals surface area contributed by atoms with Gasteiger partial charge in [-0.05, 0) is 25.2 Å². The summed E-state index contributed by atoms with van der Waals surface area (Å²) in [5.74, 6) is -0.561. The van der Waals surface area contributed by atoms with Crippen molar-refractivity contribution in [3.8, 4) is 0 Å². The van der Waals surface area contributed by atoms with Crippen LogP contribution in [-0.4, -0.2) is 40.6 Å². The summed E-state index contributed by atoms with van der Waals surface area (Å²) in [6, 6.07) is -0.785. The van der Waals surface area contributed by atoms with Gasteiger partial charge in [-0.15, -0.1) is 0 Å². The molecule has 0 aromatic heterocycles. The summed E-state index contributed by atoms with van der Waals surface area (Å²) >= 11 is 0. The summed E-state index contributed by atoms with van der Waals surface area (Å²) in [7, 11) is 0. The van der Waals surface area contributed by atoms with Gasteiger partial charge in [0.25, 0.3) is 0 Å². The van der Waals surface area contributed by atoms with Crippen LogP contribution in [-0.2, 0) is 4.79 Å². The number of carbonyl (C=O) groups is 2. The van der Waals surface area contributed by atoms with E-state index in [1.165, 1.54) is 0 Å². The van der Waals surface area contributed by atoms with Gasteiger partial charge in [-0.25, -0.2) is 9.59 Å². The third kappa shape index (κ3) is 3.35. The summed E-state index contributed by atoms with van der Waals surface area (Å²) in [4.78, 5) is 24.6. The molecule has 0 spiro atoms. The minimum Gasteiger partial charge on any atom is -0.480 e. The van der Waals surface area contributed by atoms with Crippen molar-refractivity contribution in [1.29, 1.82) is 0 Å². The standard InChI is InChI=1S/C12H22N2O3/c1-4-9(11(15)16)13-12(17)14-7-5-6-10(14)8(2)3/h8-10H,4-7H2,1-3H3,(H,13,17)(H,15,16). The van der Waals surface area contributed by atoms with E-state index >= 15 is 0 Å². The van der Waals surface area contributed by atoms with Gasteiger partial charge in [0.15, 0.2) is 0 Å². The van der Waals surface area contributed by atoms with Gasteiger partial charge >= 0.3 is 12.0 Å². The molecule has 1 saturated heterocycles. The van der Waals surface area contributed by atoms with Crippen LogP contribution in [0.3, 0.4) is 0 Å². The second kappa shape index (κ2) is 5.89. The molecule has 0 saturated carbocycles. The van der Waals surface area contributed by atoms with Crippen LogP contribution >= 0.6 is 0 Å². The average molecular weight is 242 g/mol. The molecule has 0 aromatic carbocycles. The van der Waals surface area contributed by atoms with E-state index in [4.69, 9.17) is 5.11 Å². The predicted octanol–water partition coefficient (Wildman–Crippen LogP) is 1.68. The summed E-state index contributed by atoms with van der Waals surface area (Å²) in [6.07, 6.45) is 2.41. The smallest absolute Gasteiger partial charge is 0.326 e. The fraction of sp³-hybridized carbons (Fsp3) is 0.833. The highest BCUT2D eigenvalue weighted by Gasteiger charge is 2.32. The van der Waals surface area contributed by atoms with Crippen LogP contribution in [0.5, 0.6) is 0 Å². The van der Waals surface area contributed by atoms with E-state index in [-0.39, 0.29) is 12.1 Å². The van der Waals surface area contributed by atoms with Gasteiger partial charge in [-0.1, -0.05) is 20.8 Å². The van der Waals surface area contributed by atoms with Crippen LogP contribution in [0.4, 0.5) is 4.79 Å². The number of hydrogen-bond acceptors (Lipinski definition) is 2. The van der Waals surface area contributed by atoms with Crippen molar-refractivity contribution in [2.45, 2.75) is 52.1 Å². The molecule has 17 heavy (non-hydrogen) atoms. The molecular weight excluding hydrogens is 220 g/mol. The molecule has 1 rings (SSSR count). The van der Waals surface area contributed by atoms with Crippen LogP contribution in [0.2, 0.25) is 0 Å². The molecule has 98 valence electrons. The Bertz CT molecular complexity index is 291. The number of carbonyl (C=O) groups excluding carboxylic acids is 1. The normalized spacial score (nSPS) is 21.6. The lowest BCUT2D eigenvalue weighted by molar-refractivity contribution is -0.139. The Kier molecular flexibility index (Phi) is 4.78. The van der Waals surface area contributed by atoms with Gasteiger partial charge in [-0.3, -0.25) is 0 Å². The third-order valence-electron chi connectivity index (χ3n) is 3.33. The Morgan fingerprint density at radius 2 is 2.12 bits per heavy atom. The number of nitrogens with one attached hydrogen (secondary N) is 1. The number of hydrogen-bond donors (Lipinski definition) is 2. The van der Waals surface area contributed by atoms with Crippen molar-refractivity contribution in [1.82, 2.24) is 10.2 Å². The highest BCUT2D eigenvalue weighted by atomic mass is 16.4. The van der Waals surface area contributed by atoms with Crippen LogP contribution in [0.25, 0.3) is 0 Å². The lowest BCUT2D eigenvalue weighted by atomic mass is 10.0. The quantitative estimate of drug-likeness (QED) is 0.788. The van der Waals surface area contributed by atoms with E-state index in [1.54, 1.807) is 11.8 Å². The maximum absolute atomic E-state index is 12.0. The van der Waals surface area contributed by atoms with Gasteiger partial charge in [0.1, 0.15) is 6.04 Å². The number of amides is 2. The Morgan fingerprint density at radius 3 is 2.59 bits per heavy atom. The van der Waals surface area contributed by atoms with Crippen LogP contribution < -0.4 is 5.32 Å². The molecule has 2 amide bonds. The van der Waals surface area contributed by atoms with Crippen LogP contribution in [0, 0.1) is 5.92 Å². The zero-order valence-corrected chi connectivity index (χ0v) is 10.8. The van der Waals surface area contributed by atoms with Crippen molar-refractivity contribution in [2.24, 2.45) is 5.92 Å². The molecule has 2 atom stereocenters. The largest absolute Gasteiger partial charge is 0.480 e. The Morgan fingerprint density at radius 1 is 1.47 bits per heavy atom. The van der Waals surface area contributed by atoms with Gasteiger partial charge in [-0.2, -0.15) is 0 Å². The Hall–Kier alpha value is -1.26. The average Bonchev–Trinajstić information content (AvgIpc) is 2.73. The molecule has 1 fully saturated rings. The van der Waals surface area contributed by atoms with Crippen molar-refractivity contribution in [2.75, 3.05) is 6.54 Å². The summed E-state index contributed by atoms with van der Waals surface area (Å²) in [6.45, 7) is 6.66. The maximum atomic E-state index is 12.0. The van der Waals surface area contributed by atoms with Gasteiger partial charge < -0.3 is 15.3 Å². The molecule has 0 radical (unpaired) electrons. The topological polar surface area (TPSA) is 69.6 Å². The fourth-order valence-corrected chi connectivity index (χ4v) is 2.31. The van der Waals surface area contributed by atoms with E-state index < -0.39 is 12.0 Å². The minimum absolute atomic E-state index is 0.237. The zero-order chi connectivity index (χ0) is 13.0. The number of aliphatic carboxylic acids is 1. The molecule has 1 aliphatic rings. The number of carboxylic acid groups (broad SMARTS) is 1. The molecule has 0 aromatic rings. The zero-order valence-electron chi connectivity index (χ0n) is 10.8. The second-order valence-electron chi connectivity index (χ2n) is 4.90. The van der Waals surface area contributed by atoms with Gasteiger partial charge in [0.05, 0.1) is 0 Å². The first-order valence-corrected chi connectivity index (χ1v) is 6.27. The fourth-order valence-electron chi connectivity index (χ4n) is 2.31. The summed E-state index contributed by atoms with van der Waals surface area (Å²) < 4.78 is 0. The van der Waals surface area contributed by atoms with E-state index in [2.05, 4.69) is 19.2 Å². The first kappa shape index (κ1) is 13.8. The number of nitrogens with zero attached hydrogens (tertiary/aromatic N) is 1. The number of urea groups is 1. The first-order chi connectivity index (χ1) is 7.97. The van der Waals surface area contributed by atoms with Crippen molar-refractivity contribution < 1.29 is 14.7 Å². The Labute approximate surface area is 102 Å². The molecule has 0 bridgehead atoms. The SMILES string of the molecule is CCC(NC(=O)N1CCCC1C(C)C)C(=O)O. The molecule has 0 aliphatic carbocycles. The van der Waals surface area contributed by atoms with Crippen molar-refractivity contribution in [3.05, 3.63) is 0 Å². The summed E-state index contributed by atoms with van der Waals surface area (Å²) in [5, 5.41) is 11.5. The van der Waals surface area contributed by atoms with E-state index in [0.29, 0.717) is 12.3 Å². The molecule has 5 nitrogen and oxygen atoms in total. The van der Waals surface area contributed by atoms with Gasteiger partial charge in [0.2, 0.25) is 0 Å². The lowest BCUT2D eigenvalue weighted by Gasteiger charge is -2.29.